The number of carbonyl (C=O) groups is 2. The largest absolute Gasteiger partial charge is 0.511 e. The Morgan fingerprint density at radius 2 is 1.59 bits per heavy atom. The van der Waals surface area contributed by atoms with Crippen LogP contribution in [0.15, 0.2) is 143 Å². The maximum Gasteiger partial charge on any atom is 0.338 e. The van der Waals surface area contributed by atoms with Crippen molar-refractivity contribution in [1.29, 1.82) is 0 Å². The summed E-state index contributed by atoms with van der Waals surface area (Å²) in [5, 5.41) is 15.1. The first kappa shape index (κ1) is 36.7. The molecule has 8 rings (SSSR count). The smallest absolute Gasteiger partial charge is 0.338 e. The first-order chi connectivity index (χ1) is 26.9. The van der Waals surface area contributed by atoms with Gasteiger partial charge in [0.05, 0.1) is 58.3 Å². The van der Waals surface area contributed by atoms with E-state index in [1.54, 1.807) is 24.5 Å². The molecule has 0 unspecified atom stereocenters. The predicted molar refractivity (Wildman–Crippen MR) is 216 cm³/mol. The van der Waals surface area contributed by atoms with E-state index >= 15 is 0 Å². The molecule has 1 aliphatic carbocycles. The Balaban J connectivity index is 1.21. The summed E-state index contributed by atoms with van der Waals surface area (Å²) in [6, 6.07) is 7.18. The quantitative estimate of drug-likeness (QED) is 0.257. The van der Waals surface area contributed by atoms with Gasteiger partial charge in [-0.05, 0) is 111 Å². The second-order valence-corrected chi connectivity index (χ2v) is 14.9. The minimum atomic E-state index is -0.484. The highest BCUT2D eigenvalue weighted by Crippen LogP contribution is 2.46. The minimum absolute atomic E-state index is 0.0105. The maximum atomic E-state index is 13.6. The van der Waals surface area contributed by atoms with E-state index in [2.05, 4.69) is 36.1 Å². The van der Waals surface area contributed by atoms with Crippen molar-refractivity contribution >= 4 is 29.1 Å². The number of aliphatic hydroxyl groups excluding tert-OH is 1. The number of carbonyl (C=O) groups excluding carboxylic acids is 2. The van der Waals surface area contributed by atoms with Crippen LogP contribution in [0, 0.1) is 18.8 Å². The third-order valence-corrected chi connectivity index (χ3v) is 11.6. The Labute approximate surface area is 326 Å². The molecule has 56 heavy (non-hydrogen) atoms. The minimum Gasteiger partial charge on any atom is -0.511 e. The van der Waals surface area contributed by atoms with Crippen LogP contribution in [0.2, 0.25) is 0 Å². The van der Waals surface area contributed by atoms with E-state index in [0.29, 0.717) is 35.5 Å². The van der Waals surface area contributed by atoms with Gasteiger partial charge in [0.25, 0.3) is 0 Å². The number of ether oxygens (including phenoxy) is 2. The maximum absolute atomic E-state index is 13.6. The molecule has 1 saturated heterocycles. The van der Waals surface area contributed by atoms with Crippen molar-refractivity contribution in [2.24, 2.45) is 26.8 Å². The molecular formula is C45H44N6O5. The van der Waals surface area contributed by atoms with E-state index in [0.717, 1.165) is 90.9 Å². The zero-order valence-electron chi connectivity index (χ0n) is 32.7. The number of fused-ring (bicyclic) bond motifs is 5. The van der Waals surface area contributed by atoms with Gasteiger partial charge >= 0.3 is 11.9 Å². The van der Waals surface area contributed by atoms with Crippen LogP contribution in [-0.4, -0.2) is 57.9 Å². The fraction of sp³-hybridized carbons (Fsp3) is 0.311. The van der Waals surface area contributed by atoms with Crippen molar-refractivity contribution in [3.05, 3.63) is 139 Å². The number of hydrogen-bond acceptors (Lipinski definition) is 11. The fourth-order valence-electron chi connectivity index (χ4n) is 8.31. The average molecular weight is 749 g/mol. The van der Waals surface area contributed by atoms with Gasteiger partial charge in [-0.1, -0.05) is 13.8 Å². The predicted octanol–water partition coefficient (Wildman–Crippen LogP) is 8.23. The molecule has 5 aliphatic heterocycles. The van der Waals surface area contributed by atoms with Crippen molar-refractivity contribution in [3.8, 4) is 11.4 Å². The number of nitrogens with zero attached hydrogens (tertiary/aromatic N) is 5. The monoisotopic (exact) mass is 748 g/mol. The van der Waals surface area contributed by atoms with Gasteiger partial charge in [0.15, 0.2) is 0 Å². The highest BCUT2D eigenvalue weighted by Gasteiger charge is 2.41. The van der Waals surface area contributed by atoms with E-state index in [4.69, 9.17) is 24.5 Å². The molecule has 1 fully saturated rings. The molecule has 11 heteroatoms. The second kappa shape index (κ2) is 14.4. The van der Waals surface area contributed by atoms with Crippen LogP contribution < -0.4 is 5.32 Å². The molecule has 0 saturated carbocycles. The van der Waals surface area contributed by atoms with Crippen LogP contribution in [0.25, 0.3) is 11.4 Å². The van der Waals surface area contributed by atoms with Gasteiger partial charge in [0, 0.05) is 65.2 Å². The second-order valence-electron chi connectivity index (χ2n) is 14.9. The van der Waals surface area contributed by atoms with Crippen molar-refractivity contribution in [2.45, 2.75) is 67.2 Å². The molecule has 2 aromatic rings. The number of hydrogen-bond donors (Lipinski definition) is 2. The van der Waals surface area contributed by atoms with E-state index in [1.807, 2.05) is 51.1 Å². The van der Waals surface area contributed by atoms with E-state index < -0.39 is 5.97 Å². The molecule has 284 valence electrons. The van der Waals surface area contributed by atoms with Crippen LogP contribution in [-0.2, 0) is 14.3 Å². The SMILES string of the molecule is CCC1=C(C)C2=NC1=CC1=C(C)C3=C(O)CC(=C4NC(=CC5=NC(=C2)C(COC(=O)c2ccnc(-c6cc(C)ccn6)c2)=C5C)[C@@H](C)[C@@H]4CCC(=O)OC)C3=N1. The summed E-state index contributed by atoms with van der Waals surface area (Å²) in [5.41, 5.74) is 15.4. The number of rotatable bonds is 8. The summed E-state index contributed by atoms with van der Waals surface area (Å²) in [4.78, 5) is 50.3. The van der Waals surface area contributed by atoms with Gasteiger partial charge in [0.2, 0.25) is 0 Å². The number of pyridine rings is 2. The Bertz CT molecular complexity index is 2500. The third-order valence-electron chi connectivity index (χ3n) is 11.6. The Kier molecular flexibility index (Phi) is 9.48. The number of esters is 2. The lowest BCUT2D eigenvalue weighted by atomic mass is 9.86. The number of aromatic nitrogens is 2. The third kappa shape index (κ3) is 6.40. The lowest BCUT2D eigenvalue weighted by molar-refractivity contribution is -0.140. The van der Waals surface area contributed by atoms with Gasteiger partial charge in [0.1, 0.15) is 12.4 Å². The van der Waals surface area contributed by atoms with E-state index in [1.165, 1.54) is 7.11 Å². The Hall–Kier alpha value is -6.23. The molecule has 0 amide bonds. The normalized spacial score (nSPS) is 21.3. The molecule has 6 aliphatic rings. The molecule has 0 spiro atoms. The van der Waals surface area contributed by atoms with Crippen LogP contribution >= 0.6 is 0 Å². The Morgan fingerprint density at radius 1 is 0.893 bits per heavy atom. The highest BCUT2D eigenvalue weighted by atomic mass is 16.5. The number of aryl methyl sites for hydroxylation is 1. The topological polar surface area (TPSA) is 148 Å². The lowest BCUT2D eigenvalue weighted by Crippen LogP contribution is -2.16. The number of aliphatic hydroxyl groups is 1. The number of allylic oxidation sites excluding steroid dienone is 11. The van der Waals surface area contributed by atoms with Gasteiger partial charge in [-0.15, -0.1) is 0 Å². The molecule has 2 atom stereocenters. The van der Waals surface area contributed by atoms with Gasteiger partial charge < -0.3 is 19.9 Å². The average Bonchev–Trinajstić information content (AvgIpc) is 3.95. The van der Waals surface area contributed by atoms with Crippen LogP contribution in [0.4, 0.5) is 0 Å². The number of nitrogens with one attached hydrogen (secondary N) is 1. The van der Waals surface area contributed by atoms with Crippen molar-refractivity contribution in [2.75, 3.05) is 13.7 Å². The summed E-state index contributed by atoms with van der Waals surface area (Å²) in [6.45, 7) is 12.3. The van der Waals surface area contributed by atoms with Crippen LogP contribution in [0.5, 0.6) is 0 Å². The first-order valence-electron chi connectivity index (χ1n) is 19.0. The highest BCUT2D eigenvalue weighted by molar-refractivity contribution is 6.21. The lowest BCUT2D eigenvalue weighted by Gasteiger charge is -2.17. The summed E-state index contributed by atoms with van der Waals surface area (Å²) < 4.78 is 11.0. The molecule has 0 radical (unpaired) electrons. The van der Waals surface area contributed by atoms with Gasteiger partial charge in [-0.2, -0.15) is 0 Å². The molecule has 0 aromatic carbocycles. The molecule has 7 heterocycles. The standard InChI is InChI=1S/C45H44N6O5/c1-8-28-23(3)33-19-37-31(21-56-45(54)27-12-14-47-39(16-27)38-15-22(2)11-13-46-38)25(5)32(49-37)18-34-24(4)29(9-10-41(53)55-7)43(50-34)30-17-40(52)42-26(6)35(51-44(30)42)20-36(28)48-33/h11-16,18-20,24,29,50,52H,8-10,17,21H2,1-7H3/t24-,29-/m0/s1. The summed E-state index contributed by atoms with van der Waals surface area (Å²) in [7, 11) is 1.40. The zero-order chi connectivity index (χ0) is 39.4. The number of methoxy groups -OCH3 is 1. The molecule has 11 nitrogen and oxygen atoms in total. The van der Waals surface area contributed by atoms with E-state index in [-0.39, 0.29) is 36.6 Å². The summed E-state index contributed by atoms with van der Waals surface area (Å²) >= 11 is 0. The van der Waals surface area contributed by atoms with Crippen molar-refractivity contribution in [3.63, 3.8) is 0 Å². The number of aliphatic imine (C=N–C) groups is 3. The van der Waals surface area contributed by atoms with E-state index in [9.17, 15) is 14.7 Å². The van der Waals surface area contributed by atoms with Crippen molar-refractivity contribution in [1.82, 2.24) is 15.3 Å². The summed E-state index contributed by atoms with van der Waals surface area (Å²) in [6.07, 6.45) is 11.2. The fourth-order valence-corrected chi connectivity index (χ4v) is 8.31. The first-order valence-corrected chi connectivity index (χ1v) is 19.0. The van der Waals surface area contributed by atoms with Crippen LogP contribution in [0.1, 0.15) is 76.2 Å². The molecule has 2 aromatic heterocycles. The van der Waals surface area contributed by atoms with Crippen molar-refractivity contribution < 1.29 is 24.2 Å². The van der Waals surface area contributed by atoms with Gasteiger partial charge in [-0.3, -0.25) is 14.8 Å². The Morgan fingerprint density at radius 3 is 2.32 bits per heavy atom. The van der Waals surface area contributed by atoms with Gasteiger partial charge in [-0.25, -0.2) is 19.8 Å². The molecule has 8 bridgehead atoms. The van der Waals surface area contributed by atoms with Crippen LogP contribution in [0.3, 0.4) is 0 Å². The summed E-state index contributed by atoms with van der Waals surface area (Å²) in [5.74, 6) is -0.556. The zero-order valence-corrected chi connectivity index (χ0v) is 32.7. The molecule has 2 N–H and O–H groups in total. The molecular weight excluding hydrogens is 705 g/mol.